The number of hydrogen-bond donors (Lipinski definition) is 0. The molecule has 0 N–H and O–H groups in total. The molecule has 0 radical (unpaired) electrons. The highest BCUT2D eigenvalue weighted by atomic mass is 14.7. The van der Waals surface area contributed by atoms with Crippen LogP contribution in [0.25, 0.3) is 22.0 Å². The molecule has 1 nitrogen and oxygen atoms in total. The molecular weight excluding hydrogens is 326 g/mol. The third-order valence-corrected chi connectivity index (χ3v) is 6.91. The zero-order chi connectivity index (χ0) is 18.4. The van der Waals surface area contributed by atoms with Crippen molar-refractivity contribution < 1.29 is 0 Å². The lowest BCUT2D eigenvalue weighted by Gasteiger charge is -2.33. The summed E-state index contributed by atoms with van der Waals surface area (Å²) in [4.78, 5) is 4.85. The van der Waals surface area contributed by atoms with Gasteiger partial charge in [0.25, 0.3) is 0 Å². The van der Waals surface area contributed by atoms with E-state index >= 15 is 0 Å². The summed E-state index contributed by atoms with van der Waals surface area (Å²) in [5.41, 5.74) is 8.33. The zero-order valence-corrected chi connectivity index (χ0v) is 16.6. The van der Waals surface area contributed by atoms with Crippen molar-refractivity contribution in [1.29, 1.82) is 0 Å². The highest BCUT2D eigenvalue weighted by Gasteiger charge is 2.28. The van der Waals surface area contributed by atoms with Crippen molar-refractivity contribution in [3.63, 3.8) is 0 Å². The predicted molar refractivity (Wildman–Crippen MR) is 114 cm³/mol. The van der Waals surface area contributed by atoms with Crippen LogP contribution >= 0.6 is 0 Å². The molecule has 0 amide bonds. The molecule has 1 heterocycles. The molecule has 2 aliphatic carbocycles. The highest BCUT2D eigenvalue weighted by molar-refractivity contribution is 5.95. The zero-order valence-electron chi connectivity index (χ0n) is 16.6. The molecule has 1 saturated carbocycles. The number of hydrogen-bond acceptors (Lipinski definition) is 1. The molecule has 0 aliphatic heterocycles. The van der Waals surface area contributed by atoms with Crippen molar-refractivity contribution in [3.05, 3.63) is 64.8 Å². The van der Waals surface area contributed by atoms with Crippen LogP contribution in [-0.4, -0.2) is 4.98 Å². The number of aryl methyl sites for hydroxylation is 3. The van der Waals surface area contributed by atoms with Gasteiger partial charge in [0.1, 0.15) is 0 Å². The predicted octanol–water partition coefficient (Wildman–Crippen LogP) is 7.13. The van der Waals surface area contributed by atoms with E-state index in [1.165, 1.54) is 78.0 Å². The minimum absolute atomic E-state index is 0.732. The Morgan fingerprint density at radius 1 is 0.889 bits per heavy atom. The summed E-state index contributed by atoms with van der Waals surface area (Å²) in [6.45, 7) is 4.54. The fourth-order valence-electron chi connectivity index (χ4n) is 5.66. The van der Waals surface area contributed by atoms with E-state index in [-0.39, 0.29) is 0 Å². The topological polar surface area (TPSA) is 12.9 Å². The van der Waals surface area contributed by atoms with E-state index < -0.39 is 0 Å². The largest absolute Gasteiger partial charge is 0.256 e. The first kappa shape index (κ1) is 17.0. The Morgan fingerprint density at radius 2 is 1.74 bits per heavy atom. The van der Waals surface area contributed by atoms with Crippen LogP contribution in [0.4, 0.5) is 0 Å². The first-order chi connectivity index (χ1) is 13.2. The van der Waals surface area contributed by atoms with Crippen molar-refractivity contribution in [2.24, 2.45) is 5.92 Å². The molecule has 1 aromatic heterocycles. The Labute approximate surface area is 162 Å². The van der Waals surface area contributed by atoms with Crippen LogP contribution in [-0.2, 0) is 6.42 Å². The third kappa shape index (κ3) is 3.08. The Balaban J connectivity index is 1.79. The van der Waals surface area contributed by atoms with E-state index in [4.69, 9.17) is 4.98 Å². The summed E-state index contributed by atoms with van der Waals surface area (Å²) >= 11 is 0. The number of rotatable bonds is 0. The summed E-state index contributed by atoms with van der Waals surface area (Å²) in [5, 5.41) is 2.66. The first-order valence-corrected chi connectivity index (χ1v) is 10.7. The first-order valence-electron chi connectivity index (χ1n) is 10.7. The van der Waals surface area contributed by atoms with Crippen molar-refractivity contribution in [3.8, 4) is 11.3 Å². The van der Waals surface area contributed by atoms with Gasteiger partial charge in [-0.25, -0.2) is 0 Å². The van der Waals surface area contributed by atoms with Crippen LogP contribution in [0, 0.1) is 19.8 Å². The van der Waals surface area contributed by atoms with Crippen LogP contribution in [0.1, 0.15) is 66.7 Å². The van der Waals surface area contributed by atoms with Gasteiger partial charge in [0.15, 0.2) is 0 Å². The second-order valence-electron chi connectivity index (χ2n) is 8.84. The van der Waals surface area contributed by atoms with Crippen LogP contribution in [0.3, 0.4) is 0 Å². The number of fused-ring (bicyclic) bond motifs is 6. The number of aromatic nitrogens is 1. The highest BCUT2D eigenvalue weighted by Crippen LogP contribution is 2.43. The quantitative estimate of drug-likeness (QED) is 0.418. The van der Waals surface area contributed by atoms with Crippen molar-refractivity contribution in [2.75, 3.05) is 0 Å². The van der Waals surface area contributed by atoms with E-state index in [9.17, 15) is 0 Å². The van der Waals surface area contributed by atoms with Gasteiger partial charge in [-0.15, -0.1) is 0 Å². The molecule has 27 heavy (non-hydrogen) atoms. The molecule has 2 aliphatic rings. The second-order valence-corrected chi connectivity index (χ2v) is 8.84. The van der Waals surface area contributed by atoms with Gasteiger partial charge in [0, 0.05) is 17.1 Å². The normalized spacial score (nSPS) is 22.1. The molecule has 4 bridgehead atoms. The van der Waals surface area contributed by atoms with Gasteiger partial charge < -0.3 is 0 Å². The minimum Gasteiger partial charge on any atom is -0.256 e. The fourth-order valence-corrected chi connectivity index (χ4v) is 5.66. The third-order valence-electron chi connectivity index (χ3n) is 6.91. The van der Waals surface area contributed by atoms with Gasteiger partial charge in [-0.2, -0.15) is 0 Å². The molecule has 5 rings (SSSR count). The van der Waals surface area contributed by atoms with E-state index in [2.05, 4.69) is 50.2 Å². The van der Waals surface area contributed by atoms with Crippen LogP contribution < -0.4 is 0 Å². The summed E-state index contributed by atoms with van der Waals surface area (Å²) in [5.74, 6) is 1.58. The number of nitrogens with zero attached hydrogens (tertiary/aromatic N) is 1. The van der Waals surface area contributed by atoms with E-state index in [0.717, 1.165) is 17.5 Å². The smallest absolute Gasteiger partial charge is 0.0780 e. The molecule has 2 aromatic carbocycles. The van der Waals surface area contributed by atoms with Gasteiger partial charge in [-0.05, 0) is 104 Å². The average Bonchev–Trinajstić information content (AvgIpc) is 2.66. The van der Waals surface area contributed by atoms with Gasteiger partial charge in [0.2, 0.25) is 0 Å². The molecule has 3 aromatic rings. The van der Waals surface area contributed by atoms with E-state index in [0.29, 0.717) is 0 Å². The number of benzene rings is 2. The Hall–Kier alpha value is -2.15. The molecular formula is C26H29N. The molecule has 138 valence electrons. The molecule has 2 atom stereocenters. The molecule has 2 unspecified atom stereocenters. The lowest BCUT2D eigenvalue weighted by Crippen LogP contribution is -2.19. The second kappa shape index (κ2) is 6.78. The standard InChI is InChI=1S/C26H29N/c1-17-12-19-6-5-8-20-7-3-4-9-23(20)24-16-25-21(14-18(24)2)10-11-27-26(25)22(13-17)15-19/h10-16,20,23H,3-9H2,1-2H3. The number of pyridine rings is 1. The fraction of sp³-hybridized carbons (Fsp3) is 0.423. The van der Waals surface area contributed by atoms with Gasteiger partial charge in [-0.3, -0.25) is 4.98 Å². The molecule has 0 saturated heterocycles. The molecule has 0 spiro atoms. The van der Waals surface area contributed by atoms with Crippen molar-refractivity contribution in [1.82, 2.24) is 4.98 Å². The summed E-state index contributed by atoms with van der Waals surface area (Å²) in [7, 11) is 0. The molecule has 1 fully saturated rings. The lowest BCUT2D eigenvalue weighted by molar-refractivity contribution is 0.285. The van der Waals surface area contributed by atoms with Crippen LogP contribution in [0.15, 0.2) is 42.6 Å². The van der Waals surface area contributed by atoms with Crippen molar-refractivity contribution in [2.45, 2.75) is 64.7 Å². The maximum atomic E-state index is 4.85. The Morgan fingerprint density at radius 3 is 2.67 bits per heavy atom. The average molecular weight is 356 g/mol. The van der Waals surface area contributed by atoms with E-state index in [1.807, 2.05) is 6.20 Å². The summed E-state index contributed by atoms with van der Waals surface area (Å²) < 4.78 is 0. The van der Waals surface area contributed by atoms with E-state index in [1.54, 1.807) is 5.56 Å². The monoisotopic (exact) mass is 355 g/mol. The van der Waals surface area contributed by atoms with Crippen molar-refractivity contribution >= 4 is 10.8 Å². The maximum absolute atomic E-state index is 4.85. The lowest BCUT2D eigenvalue weighted by atomic mass is 9.71. The molecule has 1 heteroatoms. The summed E-state index contributed by atoms with van der Waals surface area (Å²) in [6.07, 6.45) is 11.4. The summed E-state index contributed by atoms with van der Waals surface area (Å²) in [6, 6.07) is 14.1. The maximum Gasteiger partial charge on any atom is 0.0780 e. The SMILES string of the molecule is Cc1cc2cc(c1)-c1nccc3cc(C)c(cc13)C1CCCCC1CCC2. The van der Waals surface area contributed by atoms with Gasteiger partial charge in [-0.1, -0.05) is 30.5 Å². The van der Waals surface area contributed by atoms with Crippen LogP contribution in [0.2, 0.25) is 0 Å². The van der Waals surface area contributed by atoms with Gasteiger partial charge >= 0.3 is 0 Å². The Bertz CT molecular complexity index is 1000. The minimum atomic E-state index is 0.732. The van der Waals surface area contributed by atoms with Crippen LogP contribution in [0.5, 0.6) is 0 Å². The Kier molecular flexibility index (Phi) is 4.27. The van der Waals surface area contributed by atoms with Gasteiger partial charge in [0.05, 0.1) is 5.69 Å².